The molecule has 1 aliphatic carbocycles. The molecule has 0 aromatic rings. The molecule has 126 valence electrons. The number of hydrogen-bond donors (Lipinski definition) is 0. The average Bonchev–Trinajstić information content (AvgIpc) is 3.22. The van der Waals surface area contributed by atoms with E-state index in [1.165, 1.54) is 25.7 Å². The van der Waals surface area contributed by atoms with Crippen LogP contribution in [0.3, 0.4) is 0 Å². The highest BCUT2D eigenvalue weighted by molar-refractivity contribution is 5.76. The standard InChI is InChI=1S/C18H32N2O2/c1-3-19-11-16(12-22-2)18(13-19)8-9-20(14-18)17(21)10-15-6-4-5-7-15/h15-16H,3-14H2,1-2H3/t16-,18-/m0/s1. The van der Waals surface area contributed by atoms with Crippen molar-refractivity contribution in [2.24, 2.45) is 17.3 Å². The molecule has 4 nitrogen and oxygen atoms in total. The van der Waals surface area contributed by atoms with Crippen LogP contribution in [0.2, 0.25) is 0 Å². The summed E-state index contributed by atoms with van der Waals surface area (Å²) < 4.78 is 5.48. The van der Waals surface area contributed by atoms with Gasteiger partial charge in [0.2, 0.25) is 5.91 Å². The molecular formula is C18H32N2O2. The smallest absolute Gasteiger partial charge is 0.222 e. The van der Waals surface area contributed by atoms with E-state index in [2.05, 4.69) is 16.7 Å². The Balaban J connectivity index is 1.60. The molecule has 2 saturated heterocycles. The van der Waals surface area contributed by atoms with Gasteiger partial charge in [-0.25, -0.2) is 0 Å². The third-order valence-corrected chi connectivity index (χ3v) is 6.37. The zero-order valence-corrected chi connectivity index (χ0v) is 14.4. The van der Waals surface area contributed by atoms with Gasteiger partial charge >= 0.3 is 0 Å². The molecule has 0 radical (unpaired) electrons. The van der Waals surface area contributed by atoms with Gasteiger partial charge in [-0.05, 0) is 31.7 Å². The molecule has 0 aromatic heterocycles. The Hall–Kier alpha value is -0.610. The highest BCUT2D eigenvalue weighted by atomic mass is 16.5. The van der Waals surface area contributed by atoms with Crippen LogP contribution >= 0.6 is 0 Å². The van der Waals surface area contributed by atoms with Crippen LogP contribution < -0.4 is 0 Å². The molecule has 2 atom stereocenters. The fraction of sp³-hybridized carbons (Fsp3) is 0.944. The Morgan fingerprint density at radius 2 is 2.05 bits per heavy atom. The zero-order valence-electron chi connectivity index (χ0n) is 14.4. The minimum atomic E-state index is 0.289. The largest absolute Gasteiger partial charge is 0.384 e. The van der Waals surface area contributed by atoms with Crippen molar-refractivity contribution in [2.45, 2.75) is 45.4 Å². The second-order valence-corrected chi connectivity index (χ2v) is 7.76. The second kappa shape index (κ2) is 6.88. The summed E-state index contributed by atoms with van der Waals surface area (Å²) >= 11 is 0. The first-order valence-corrected chi connectivity index (χ1v) is 9.16. The quantitative estimate of drug-likeness (QED) is 0.782. The van der Waals surface area contributed by atoms with Crippen LogP contribution in [-0.2, 0) is 9.53 Å². The van der Waals surface area contributed by atoms with E-state index in [0.717, 1.165) is 52.2 Å². The lowest BCUT2D eigenvalue weighted by Crippen LogP contribution is -2.38. The molecule has 3 rings (SSSR count). The Bertz CT molecular complexity index is 395. The number of carbonyl (C=O) groups is 1. The number of ether oxygens (including phenoxy) is 1. The highest BCUT2D eigenvalue weighted by Gasteiger charge is 2.50. The van der Waals surface area contributed by atoms with Gasteiger partial charge in [-0.1, -0.05) is 19.8 Å². The van der Waals surface area contributed by atoms with Crippen LogP contribution in [0.15, 0.2) is 0 Å². The van der Waals surface area contributed by atoms with Gasteiger partial charge in [0.1, 0.15) is 0 Å². The van der Waals surface area contributed by atoms with Gasteiger partial charge in [0, 0.05) is 51.0 Å². The zero-order chi connectivity index (χ0) is 15.6. The highest BCUT2D eigenvalue weighted by Crippen LogP contribution is 2.44. The van der Waals surface area contributed by atoms with Crippen LogP contribution in [0.25, 0.3) is 0 Å². The van der Waals surface area contributed by atoms with E-state index in [9.17, 15) is 4.79 Å². The van der Waals surface area contributed by atoms with E-state index in [0.29, 0.717) is 17.7 Å². The third-order valence-electron chi connectivity index (χ3n) is 6.37. The Morgan fingerprint density at radius 3 is 2.73 bits per heavy atom. The maximum Gasteiger partial charge on any atom is 0.222 e. The van der Waals surface area contributed by atoms with Crippen molar-refractivity contribution >= 4 is 5.91 Å². The van der Waals surface area contributed by atoms with Crippen molar-refractivity contribution in [3.63, 3.8) is 0 Å². The first-order valence-electron chi connectivity index (χ1n) is 9.16. The van der Waals surface area contributed by atoms with E-state index in [-0.39, 0.29) is 5.41 Å². The van der Waals surface area contributed by atoms with Crippen molar-refractivity contribution < 1.29 is 9.53 Å². The molecule has 2 heterocycles. The van der Waals surface area contributed by atoms with Gasteiger partial charge < -0.3 is 14.5 Å². The van der Waals surface area contributed by atoms with Gasteiger partial charge in [-0.2, -0.15) is 0 Å². The Morgan fingerprint density at radius 1 is 1.27 bits per heavy atom. The van der Waals surface area contributed by atoms with Crippen molar-refractivity contribution in [1.29, 1.82) is 0 Å². The normalized spacial score (nSPS) is 33.4. The summed E-state index contributed by atoms with van der Waals surface area (Å²) in [6.45, 7) is 8.38. The molecule has 0 bridgehead atoms. The molecule has 1 saturated carbocycles. The summed E-state index contributed by atoms with van der Waals surface area (Å²) in [5, 5.41) is 0. The summed E-state index contributed by atoms with van der Waals surface area (Å²) in [6, 6.07) is 0. The van der Waals surface area contributed by atoms with Crippen molar-refractivity contribution in [3.05, 3.63) is 0 Å². The van der Waals surface area contributed by atoms with Crippen LogP contribution in [0.4, 0.5) is 0 Å². The maximum atomic E-state index is 12.6. The number of likely N-dealkylation sites (tertiary alicyclic amines) is 2. The van der Waals surface area contributed by atoms with Gasteiger partial charge in [-0.15, -0.1) is 0 Å². The van der Waals surface area contributed by atoms with Gasteiger partial charge in [0.05, 0.1) is 6.61 Å². The number of amides is 1. The maximum absolute atomic E-state index is 12.6. The number of nitrogens with zero attached hydrogens (tertiary/aromatic N) is 2. The van der Waals surface area contributed by atoms with E-state index in [1.807, 2.05) is 0 Å². The summed E-state index contributed by atoms with van der Waals surface area (Å²) in [7, 11) is 1.81. The van der Waals surface area contributed by atoms with Gasteiger partial charge in [0.15, 0.2) is 0 Å². The lowest BCUT2D eigenvalue weighted by atomic mass is 9.77. The molecule has 1 spiro atoms. The van der Waals surface area contributed by atoms with Crippen LogP contribution in [0.1, 0.15) is 45.4 Å². The molecule has 0 unspecified atom stereocenters. The lowest BCUT2D eigenvalue weighted by Gasteiger charge is -2.30. The third kappa shape index (κ3) is 3.18. The first kappa shape index (κ1) is 16.3. The van der Waals surface area contributed by atoms with E-state index in [1.54, 1.807) is 7.11 Å². The topological polar surface area (TPSA) is 32.8 Å². The Kier molecular flexibility index (Phi) is 5.08. The molecule has 4 heteroatoms. The summed E-state index contributed by atoms with van der Waals surface area (Å²) in [5.74, 6) is 1.66. The number of carbonyl (C=O) groups excluding carboxylic acids is 1. The SMILES string of the molecule is CCN1C[C@@H](COC)[C@@]2(CCN(C(=O)CC3CCCC3)C2)C1. The molecular weight excluding hydrogens is 276 g/mol. The van der Waals surface area contributed by atoms with Gasteiger partial charge in [0.25, 0.3) is 0 Å². The first-order chi connectivity index (χ1) is 10.7. The Labute approximate surface area is 135 Å². The van der Waals surface area contributed by atoms with Crippen LogP contribution in [-0.4, -0.2) is 62.1 Å². The van der Waals surface area contributed by atoms with E-state index in [4.69, 9.17) is 4.74 Å². The number of methoxy groups -OCH3 is 1. The minimum absolute atomic E-state index is 0.289. The molecule has 3 fully saturated rings. The summed E-state index contributed by atoms with van der Waals surface area (Å²) in [4.78, 5) is 17.3. The molecule has 1 amide bonds. The predicted octanol–water partition coefficient (Wildman–Crippen LogP) is 2.38. The van der Waals surface area contributed by atoms with Crippen LogP contribution in [0, 0.1) is 17.3 Å². The molecule has 0 aromatic carbocycles. The second-order valence-electron chi connectivity index (χ2n) is 7.76. The van der Waals surface area contributed by atoms with E-state index < -0.39 is 0 Å². The number of hydrogen-bond acceptors (Lipinski definition) is 3. The predicted molar refractivity (Wildman–Crippen MR) is 87.7 cm³/mol. The minimum Gasteiger partial charge on any atom is -0.384 e. The van der Waals surface area contributed by atoms with Crippen LogP contribution in [0.5, 0.6) is 0 Å². The van der Waals surface area contributed by atoms with E-state index >= 15 is 0 Å². The number of rotatable bonds is 5. The molecule has 3 aliphatic rings. The fourth-order valence-corrected chi connectivity index (χ4v) is 4.98. The fourth-order valence-electron chi connectivity index (χ4n) is 4.98. The summed E-state index contributed by atoms with van der Waals surface area (Å²) in [6.07, 6.45) is 7.13. The molecule has 22 heavy (non-hydrogen) atoms. The molecule has 0 N–H and O–H groups in total. The van der Waals surface area contributed by atoms with Crippen molar-refractivity contribution in [1.82, 2.24) is 9.80 Å². The van der Waals surface area contributed by atoms with Crippen molar-refractivity contribution in [2.75, 3.05) is 46.4 Å². The molecule has 2 aliphatic heterocycles. The van der Waals surface area contributed by atoms with Gasteiger partial charge in [-0.3, -0.25) is 4.79 Å². The lowest BCUT2D eigenvalue weighted by molar-refractivity contribution is -0.131. The average molecular weight is 308 g/mol. The summed E-state index contributed by atoms with van der Waals surface area (Å²) in [5.41, 5.74) is 0.289. The van der Waals surface area contributed by atoms with Crippen molar-refractivity contribution in [3.8, 4) is 0 Å². The monoisotopic (exact) mass is 308 g/mol.